The van der Waals surface area contributed by atoms with Gasteiger partial charge in [-0.2, -0.15) is 35.8 Å². The number of alkyl halides is 7. The fraction of sp³-hybridized carbons (Fsp3) is 0.421. The first-order valence-electron chi connectivity index (χ1n) is 9.25. The summed E-state index contributed by atoms with van der Waals surface area (Å²) in [6.07, 6.45) is -3.96. The lowest BCUT2D eigenvalue weighted by molar-refractivity contribution is -0.212. The number of carbonyl (C=O) groups is 2. The second kappa shape index (κ2) is 7.78. The summed E-state index contributed by atoms with van der Waals surface area (Å²) >= 11 is 0. The maximum absolute atomic E-state index is 14.1. The van der Waals surface area contributed by atoms with E-state index in [1.54, 1.807) is 0 Å². The summed E-state index contributed by atoms with van der Waals surface area (Å²) < 4.78 is 95.8. The van der Waals surface area contributed by atoms with Crippen LogP contribution in [0.4, 0.5) is 36.4 Å². The molecule has 1 aromatic heterocycles. The lowest BCUT2D eigenvalue weighted by Gasteiger charge is -2.22. The van der Waals surface area contributed by atoms with Crippen molar-refractivity contribution in [3.05, 3.63) is 46.8 Å². The normalized spacial score (nSPS) is 14.9. The van der Waals surface area contributed by atoms with Crippen LogP contribution in [0.1, 0.15) is 51.9 Å². The first kappa shape index (κ1) is 23.5. The predicted molar refractivity (Wildman–Crippen MR) is 97.6 cm³/mol. The van der Waals surface area contributed by atoms with E-state index in [9.17, 15) is 40.3 Å². The van der Waals surface area contributed by atoms with Gasteiger partial charge in [-0.1, -0.05) is 6.07 Å². The zero-order chi connectivity index (χ0) is 24.1. The molecule has 6 nitrogen and oxygen atoms in total. The van der Waals surface area contributed by atoms with E-state index in [4.69, 9.17) is 0 Å². The molecule has 1 aliphatic rings. The summed E-state index contributed by atoms with van der Waals surface area (Å²) in [5, 5.41) is 7.66. The van der Waals surface area contributed by atoms with Crippen LogP contribution in [-0.4, -0.2) is 33.6 Å². The maximum Gasteiger partial charge on any atom is 0.420 e. The molecular weight excluding hydrogens is 449 g/mol. The molecule has 13 heteroatoms. The molecule has 1 saturated carbocycles. The third kappa shape index (κ3) is 4.55. The Kier molecular flexibility index (Phi) is 5.72. The van der Waals surface area contributed by atoms with Crippen LogP contribution in [0.25, 0.3) is 0 Å². The van der Waals surface area contributed by atoms with E-state index in [-0.39, 0.29) is 28.9 Å². The Morgan fingerprint density at radius 2 is 1.69 bits per heavy atom. The molecule has 1 aromatic carbocycles. The molecule has 0 atom stereocenters. The third-order valence-corrected chi connectivity index (χ3v) is 4.69. The largest absolute Gasteiger partial charge is 0.420 e. The summed E-state index contributed by atoms with van der Waals surface area (Å²) in [5.41, 5.74) is -5.92. The van der Waals surface area contributed by atoms with E-state index < -0.39 is 46.8 Å². The molecule has 0 aliphatic heterocycles. The zero-order valence-corrected chi connectivity index (χ0v) is 16.7. The molecule has 2 N–H and O–H groups in total. The Morgan fingerprint density at radius 3 is 2.22 bits per heavy atom. The van der Waals surface area contributed by atoms with Gasteiger partial charge < -0.3 is 10.6 Å². The van der Waals surface area contributed by atoms with Crippen molar-refractivity contribution < 1.29 is 40.3 Å². The Morgan fingerprint density at radius 1 is 1.06 bits per heavy atom. The second-order valence-corrected chi connectivity index (χ2v) is 7.44. The summed E-state index contributed by atoms with van der Waals surface area (Å²) in [6.45, 7) is -0.250. The minimum Gasteiger partial charge on any atom is -0.349 e. The van der Waals surface area contributed by atoms with Crippen LogP contribution in [0.3, 0.4) is 0 Å². The molecule has 0 bridgehead atoms. The molecule has 2 amide bonds. The van der Waals surface area contributed by atoms with E-state index in [1.807, 2.05) is 0 Å². The number of aryl methyl sites for hydroxylation is 1. The molecule has 1 aliphatic carbocycles. The van der Waals surface area contributed by atoms with Crippen molar-refractivity contribution in [3.8, 4) is 0 Å². The van der Waals surface area contributed by atoms with Crippen LogP contribution in [-0.2, 0) is 19.1 Å². The van der Waals surface area contributed by atoms with Gasteiger partial charge in [0.25, 0.3) is 11.8 Å². The molecule has 3 rings (SSSR count). The van der Waals surface area contributed by atoms with Gasteiger partial charge in [-0.25, -0.2) is 0 Å². The van der Waals surface area contributed by atoms with E-state index >= 15 is 0 Å². The number of aromatic nitrogens is 2. The van der Waals surface area contributed by atoms with Gasteiger partial charge in [-0.15, -0.1) is 0 Å². The van der Waals surface area contributed by atoms with Gasteiger partial charge in [0.2, 0.25) is 0 Å². The fourth-order valence-corrected chi connectivity index (χ4v) is 2.91. The first-order chi connectivity index (χ1) is 14.6. The number of nitrogens with zero attached hydrogens (tertiary/aromatic N) is 2. The maximum atomic E-state index is 14.1. The Hall–Kier alpha value is -3.12. The number of amides is 2. The average Bonchev–Trinajstić information content (AvgIpc) is 3.38. The van der Waals surface area contributed by atoms with Crippen molar-refractivity contribution in [1.29, 1.82) is 0 Å². The van der Waals surface area contributed by atoms with Crippen LogP contribution in [0, 0.1) is 0 Å². The van der Waals surface area contributed by atoms with Crippen LogP contribution in [0.15, 0.2) is 24.3 Å². The van der Waals surface area contributed by atoms with Gasteiger partial charge in [-0.05, 0) is 31.0 Å². The third-order valence-electron chi connectivity index (χ3n) is 4.69. The minimum atomic E-state index is -5.59. The highest BCUT2D eigenvalue weighted by Crippen LogP contribution is 2.47. The monoisotopic (exact) mass is 466 g/mol. The van der Waals surface area contributed by atoms with Crippen LogP contribution < -0.4 is 10.6 Å². The lowest BCUT2D eigenvalue weighted by Crippen LogP contribution is -2.37. The molecule has 174 valence electrons. The topological polar surface area (TPSA) is 76.0 Å². The van der Waals surface area contributed by atoms with Crippen LogP contribution in [0.5, 0.6) is 0 Å². The van der Waals surface area contributed by atoms with Gasteiger partial charge in [0, 0.05) is 31.3 Å². The minimum absolute atomic E-state index is 0.0290. The standard InChI is InChI=1S/C19H17F7N4O2/c1-17(20,21)18(22,23)14-12(19(24,25)26)13(30(2)29-14)16(32)28-11-5-3-4-9(8-11)15(31)27-10-6-7-10/h3-5,8,10H,6-7H2,1-2H3,(H,27,31)(H,28,32). The highest BCUT2D eigenvalue weighted by molar-refractivity contribution is 6.05. The van der Waals surface area contributed by atoms with Crippen molar-refractivity contribution in [2.45, 2.75) is 43.8 Å². The van der Waals surface area contributed by atoms with Crippen molar-refractivity contribution in [2.24, 2.45) is 7.05 Å². The van der Waals surface area contributed by atoms with Crippen molar-refractivity contribution >= 4 is 17.5 Å². The molecule has 0 saturated heterocycles. The predicted octanol–water partition coefficient (Wildman–Crippen LogP) is 4.33. The van der Waals surface area contributed by atoms with Crippen molar-refractivity contribution in [1.82, 2.24) is 15.1 Å². The molecule has 0 unspecified atom stereocenters. The van der Waals surface area contributed by atoms with Gasteiger partial charge in [0.05, 0.1) is 0 Å². The number of hydrogen-bond donors (Lipinski definition) is 2. The second-order valence-electron chi connectivity index (χ2n) is 7.44. The average molecular weight is 466 g/mol. The smallest absolute Gasteiger partial charge is 0.349 e. The van der Waals surface area contributed by atoms with Gasteiger partial charge in [-0.3, -0.25) is 14.3 Å². The highest BCUT2D eigenvalue weighted by Gasteiger charge is 2.60. The van der Waals surface area contributed by atoms with Crippen LogP contribution >= 0.6 is 0 Å². The summed E-state index contributed by atoms with van der Waals surface area (Å²) in [5.74, 6) is -12.2. The number of halogens is 7. The summed E-state index contributed by atoms with van der Waals surface area (Å²) in [4.78, 5) is 24.7. The number of nitrogens with one attached hydrogen (secondary N) is 2. The van der Waals surface area contributed by atoms with Crippen molar-refractivity contribution in [3.63, 3.8) is 0 Å². The molecule has 1 fully saturated rings. The number of hydrogen-bond acceptors (Lipinski definition) is 3. The van der Waals surface area contributed by atoms with E-state index in [2.05, 4.69) is 15.7 Å². The number of anilines is 1. The number of rotatable bonds is 6. The van der Waals surface area contributed by atoms with E-state index in [1.165, 1.54) is 24.3 Å². The SMILES string of the molecule is Cn1nc(C(F)(F)C(C)(F)F)c(C(F)(F)F)c1C(=O)Nc1cccc(C(=O)NC2CC2)c1. The first-order valence-corrected chi connectivity index (χ1v) is 9.25. The molecule has 0 spiro atoms. The molecule has 1 heterocycles. The Labute approximate surface area is 176 Å². The Bertz CT molecular complexity index is 1050. The van der Waals surface area contributed by atoms with Gasteiger partial charge >= 0.3 is 18.0 Å². The quantitative estimate of drug-likeness (QED) is 0.623. The molecule has 32 heavy (non-hydrogen) atoms. The Balaban J connectivity index is 1.98. The zero-order valence-electron chi connectivity index (χ0n) is 16.7. The summed E-state index contributed by atoms with van der Waals surface area (Å²) in [6, 6.07) is 5.21. The molecular formula is C19H17F7N4O2. The molecule has 0 radical (unpaired) electrons. The lowest BCUT2D eigenvalue weighted by atomic mass is 10.0. The van der Waals surface area contributed by atoms with Crippen LogP contribution in [0.2, 0.25) is 0 Å². The van der Waals surface area contributed by atoms with Gasteiger partial charge in [0.1, 0.15) is 11.3 Å². The number of benzene rings is 1. The highest BCUT2D eigenvalue weighted by atomic mass is 19.4. The van der Waals surface area contributed by atoms with E-state index in [0.717, 1.165) is 19.9 Å². The van der Waals surface area contributed by atoms with Crippen molar-refractivity contribution in [2.75, 3.05) is 5.32 Å². The van der Waals surface area contributed by atoms with E-state index in [0.29, 0.717) is 0 Å². The fourth-order valence-electron chi connectivity index (χ4n) is 2.91. The summed E-state index contributed by atoms with van der Waals surface area (Å²) in [7, 11) is 0.747. The molecule has 2 aromatic rings. The number of carbonyl (C=O) groups excluding carboxylic acids is 2. The van der Waals surface area contributed by atoms with Gasteiger partial charge in [0.15, 0.2) is 5.69 Å².